The minimum Gasteiger partial charge on any atom is -0.477 e. The number of aliphatic carboxylic acids is 1. The molecule has 0 aliphatic rings. The molecule has 1 aromatic rings. The summed E-state index contributed by atoms with van der Waals surface area (Å²) in [5, 5.41) is 19.8. The number of nitrogens with one attached hydrogen (secondary N) is 2. The molecule has 0 aliphatic carbocycles. The first-order chi connectivity index (χ1) is 8.49. The molecule has 5 heteroatoms. The third-order valence-electron chi connectivity index (χ3n) is 2.55. The predicted molar refractivity (Wildman–Crippen MR) is 72.3 cm³/mol. The molecule has 98 valence electrons. The van der Waals surface area contributed by atoms with Gasteiger partial charge in [-0.2, -0.15) is 0 Å². The molecule has 1 aromatic carbocycles. The highest BCUT2D eigenvalue weighted by Crippen LogP contribution is 2.09. The Morgan fingerprint density at radius 3 is 2.61 bits per heavy atom. The molecular weight excluding hydrogens is 252 g/mol. The van der Waals surface area contributed by atoms with E-state index < -0.39 is 5.97 Å². The van der Waals surface area contributed by atoms with E-state index in [-0.39, 0.29) is 18.1 Å². The summed E-state index contributed by atoms with van der Waals surface area (Å²) in [5.41, 5.74) is 0.885. The van der Waals surface area contributed by atoms with Crippen LogP contribution < -0.4 is 5.32 Å². The van der Waals surface area contributed by atoms with Gasteiger partial charge in [0.25, 0.3) is 0 Å². The number of halogens is 1. The largest absolute Gasteiger partial charge is 0.477 e. The zero-order valence-electron chi connectivity index (χ0n) is 10.2. The van der Waals surface area contributed by atoms with Crippen LogP contribution in [0.4, 0.5) is 0 Å². The van der Waals surface area contributed by atoms with Crippen LogP contribution in [0.5, 0.6) is 0 Å². The molecule has 0 aromatic heterocycles. The number of hydrogen-bond donors (Lipinski definition) is 3. The van der Waals surface area contributed by atoms with Crippen molar-refractivity contribution in [3.05, 3.63) is 34.9 Å². The van der Waals surface area contributed by atoms with E-state index in [1.54, 1.807) is 0 Å². The van der Waals surface area contributed by atoms with Gasteiger partial charge in [0.1, 0.15) is 5.71 Å². The minimum absolute atomic E-state index is 0.126. The van der Waals surface area contributed by atoms with Crippen molar-refractivity contribution < 1.29 is 9.90 Å². The van der Waals surface area contributed by atoms with Crippen molar-refractivity contribution in [1.82, 2.24) is 5.32 Å². The summed E-state index contributed by atoms with van der Waals surface area (Å²) in [6.45, 7) is 3.31. The van der Waals surface area contributed by atoms with Gasteiger partial charge >= 0.3 is 5.97 Å². The van der Waals surface area contributed by atoms with Crippen molar-refractivity contribution >= 4 is 23.3 Å². The van der Waals surface area contributed by atoms with Crippen LogP contribution in [0.2, 0.25) is 5.02 Å². The molecule has 0 amide bonds. The Morgan fingerprint density at radius 1 is 1.44 bits per heavy atom. The lowest BCUT2D eigenvalue weighted by Gasteiger charge is -2.11. The molecule has 0 fully saturated rings. The molecule has 18 heavy (non-hydrogen) atoms. The van der Waals surface area contributed by atoms with Crippen LogP contribution in [0.25, 0.3) is 0 Å². The molecule has 0 saturated carbocycles. The summed E-state index contributed by atoms with van der Waals surface area (Å²) in [6.07, 6.45) is 0.281. The van der Waals surface area contributed by atoms with E-state index in [0.717, 1.165) is 5.56 Å². The first-order valence-electron chi connectivity index (χ1n) is 5.75. The summed E-state index contributed by atoms with van der Waals surface area (Å²) in [6, 6.07) is 7.56. The van der Waals surface area contributed by atoms with Crippen LogP contribution in [0.1, 0.15) is 18.9 Å². The summed E-state index contributed by atoms with van der Waals surface area (Å²) in [4.78, 5) is 10.5. The number of carboxylic acids is 1. The monoisotopic (exact) mass is 268 g/mol. The number of benzene rings is 1. The Labute approximate surface area is 111 Å². The molecule has 1 atom stereocenters. The number of carbonyl (C=O) groups is 1. The topological polar surface area (TPSA) is 73.2 Å². The van der Waals surface area contributed by atoms with E-state index in [9.17, 15) is 4.79 Å². The third kappa shape index (κ3) is 5.29. The van der Waals surface area contributed by atoms with E-state index in [1.165, 1.54) is 0 Å². The number of carboxylic acid groups (broad SMARTS) is 1. The number of rotatable bonds is 7. The van der Waals surface area contributed by atoms with Crippen molar-refractivity contribution in [1.29, 1.82) is 5.41 Å². The molecule has 0 radical (unpaired) electrons. The van der Waals surface area contributed by atoms with Crippen molar-refractivity contribution in [2.75, 3.05) is 6.54 Å². The fourth-order valence-corrected chi connectivity index (χ4v) is 1.70. The lowest BCUT2D eigenvalue weighted by molar-refractivity contribution is -0.129. The molecule has 0 bridgehead atoms. The second-order valence-corrected chi connectivity index (χ2v) is 4.79. The maximum absolute atomic E-state index is 10.5. The van der Waals surface area contributed by atoms with E-state index in [2.05, 4.69) is 5.32 Å². The highest BCUT2D eigenvalue weighted by atomic mass is 35.5. The Morgan fingerprint density at radius 2 is 2.06 bits per heavy atom. The Kier molecular flexibility index (Phi) is 5.82. The van der Waals surface area contributed by atoms with Crippen molar-refractivity contribution in [3.8, 4) is 0 Å². The molecule has 0 aliphatic heterocycles. The molecule has 3 N–H and O–H groups in total. The van der Waals surface area contributed by atoms with Gasteiger partial charge in [0, 0.05) is 18.0 Å². The second-order valence-electron chi connectivity index (χ2n) is 4.35. The molecular formula is C13H17ClN2O2. The van der Waals surface area contributed by atoms with Crippen molar-refractivity contribution in [2.45, 2.75) is 19.9 Å². The third-order valence-corrected chi connectivity index (χ3v) is 2.80. The first-order valence-corrected chi connectivity index (χ1v) is 6.12. The first kappa shape index (κ1) is 14.7. The van der Waals surface area contributed by atoms with Gasteiger partial charge < -0.3 is 10.4 Å². The Balaban J connectivity index is 2.27. The summed E-state index contributed by atoms with van der Waals surface area (Å²) >= 11 is 5.78. The zero-order chi connectivity index (χ0) is 13.5. The van der Waals surface area contributed by atoms with Crippen LogP contribution in [-0.2, 0) is 11.3 Å². The van der Waals surface area contributed by atoms with Gasteiger partial charge in [-0.1, -0.05) is 30.7 Å². The van der Waals surface area contributed by atoms with Gasteiger partial charge in [-0.3, -0.25) is 5.41 Å². The highest BCUT2D eigenvalue weighted by Gasteiger charge is 2.11. The van der Waals surface area contributed by atoms with E-state index in [1.807, 2.05) is 31.2 Å². The predicted octanol–water partition coefficient (Wildman–Crippen LogP) is 2.56. The summed E-state index contributed by atoms with van der Waals surface area (Å²) < 4.78 is 0. The van der Waals surface area contributed by atoms with E-state index in [0.29, 0.717) is 18.1 Å². The lowest BCUT2D eigenvalue weighted by atomic mass is 10.0. The molecule has 0 unspecified atom stereocenters. The van der Waals surface area contributed by atoms with Crippen molar-refractivity contribution in [2.24, 2.45) is 5.92 Å². The van der Waals surface area contributed by atoms with Gasteiger partial charge in [0.15, 0.2) is 0 Å². The smallest absolute Gasteiger partial charge is 0.349 e. The van der Waals surface area contributed by atoms with Crippen LogP contribution in [0, 0.1) is 11.3 Å². The summed E-state index contributed by atoms with van der Waals surface area (Å²) in [7, 11) is 0. The second kappa shape index (κ2) is 7.13. The van der Waals surface area contributed by atoms with E-state index >= 15 is 0 Å². The van der Waals surface area contributed by atoms with Gasteiger partial charge in [-0.25, -0.2) is 4.79 Å². The van der Waals surface area contributed by atoms with Crippen molar-refractivity contribution in [3.63, 3.8) is 0 Å². The van der Waals surface area contributed by atoms with E-state index in [4.69, 9.17) is 22.1 Å². The average Bonchev–Trinajstić information content (AvgIpc) is 2.31. The van der Waals surface area contributed by atoms with Crippen LogP contribution >= 0.6 is 11.6 Å². The quantitative estimate of drug-likeness (QED) is 0.666. The fraction of sp³-hybridized carbons (Fsp3) is 0.385. The number of hydrogen-bond acceptors (Lipinski definition) is 3. The lowest BCUT2D eigenvalue weighted by Crippen LogP contribution is -2.24. The van der Waals surface area contributed by atoms with Gasteiger partial charge in [0.05, 0.1) is 0 Å². The highest BCUT2D eigenvalue weighted by molar-refractivity contribution is 6.34. The van der Waals surface area contributed by atoms with Gasteiger partial charge in [-0.15, -0.1) is 0 Å². The molecule has 0 saturated heterocycles. The Hall–Kier alpha value is -1.39. The van der Waals surface area contributed by atoms with Crippen LogP contribution in [0.15, 0.2) is 24.3 Å². The normalized spacial score (nSPS) is 12.1. The standard InChI is InChI=1S/C13H17ClN2O2/c1-9(6-12(15)13(17)18)7-16-8-10-2-4-11(14)5-3-10/h2-5,9,15-16H,6-8H2,1H3,(H,17,18)/t9-/m1/s1. The molecule has 0 heterocycles. The van der Waals surface area contributed by atoms with Crippen LogP contribution in [0.3, 0.4) is 0 Å². The average molecular weight is 269 g/mol. The fourth-order valence-electron chi connectivity index (χ4n) is 1.57. The zero-order valence-corrected chi connectivity index (χ0v) is 11.0. The minimum atomic E-state index is -1.14. The summed E-state index contributed by atoms with van der Waals surface area (Å²) in [5.74, 6) is -1.01. The van der Waals surface area contributed by atoms with Gasteiger partial charge in [-0.05, 0) is 30.2 Å². The maximum Gasteiger partial charge on any atom is 0.349 e. The Bertz CT molecular complexity index is 418. The maximum atomic E-state index is 10.5. The molecule has 1 rings (SSSR count). The van der Waals surface area contributed by atoms with Crippen LogP contribution in [-0.4, -0.2) is 23.3 Å². The van der Waals surface area contributed by atoms with Gasteiger partial charge in [0.2, 0.25) is 0 Å². The SMILES string of the molecule is C[C@@H](CNCc1ccc(Cl)cc1)CC(=N)C(=O)O. The molecule has 4 nitrogen and oxygen atoms in total. The molecule has 0 spiro atoms.